The van der Waals surface area contributed by atoms with E-state index >= 15 is 0 Å². The molecule has 0 aliphatic carbocycles. The lowest BCUT2D eigenvalue weighted by molar-refractivity contribution is 0.281. The number of aryl methyl sites for hydroxylation is 1. The van der Waals surface area contributed by atoms with Gasteiger partial charge in [0.15, 0.2) is 0 Å². The molecule has 3 heterocycles. The van der Waals surface area contributed by atoms with Crippen LogP contribution in [0, 0.1) is 6.92 Å². The van der Waals surface area contributed by atoms with Gasteiger partial charge in [0.2, 0.25) is 5.95 Å². The molecule has 1 aliphatic heterocycles. The minimum atomic E-state index is -0.126. The van der Waals surface area contributed by atoms with E-state index in [2.05, 4.69) is 19.9 Å². The van der Waals surface area contributed by atoms with Crippen LogP contribution in [0.4, 0.5) is 11.8 Å². The molecule has 7 nitrogen and oxygen atoms in total. The zero-order chi connectivity index (χ0) is 17.3. The van der Waals surface area contributed by atoms with E-state index in [0.717, 1.165) is 42.3 Å². The Kier molecular flexibility index (Phi) is 4.53. The molecule has 1 aliphatic rings. The van der Waals surface area contributed by atoms with Gasteiger partial charge >= 0.3 is 0 Å². The van der Waals surface area contributed by atoms with Crippen molar-refractivity contribution in [3.8, 4) is 0 Å². The van der Waals surface area contributed by atoms with Crippen LogP contribution in [0.3, 0.4) is 0 Å². The number of aliphatic hydroxyl groups excluding tert-OH is 1. The van der Waals surface area contributed by atoms with Crippen molar-refractivity contribution in [2.24, 2.45) is 0 Å². The largest absolute Gasteiger partial charge is 0.392 e. The summed E-state index contributed by atoms with van der Waals surface area (Å²) in [7, 11) is 3.71. The third-order valence-corrected chi connectivity index (χ3v) is 4.29. The van der Waals surface area contributed by atoms with Crippen molar-refractivity contribution in [2.75, 3.05) is 37.0 Å². The summed E-state index contributed by atoms with van der Waals surface area (Å²) in [6, 6.07) is 5.40. The Balaban J connectivity index is 1.83. The zero-order valence-electron chi connectivity index (χ0n) is 14.3. The number of nitrogens with zero attached hydrogens (tertiary/aromatic N) is 4. The molecule has 0 bridgehead atoms. The standard InChI is InChI=1S/C17H23N5O2/c1-11-6-12(10-23)7-15(18-11)22-5-4-13(9-22)14-8-16(24)20-17(19-14)21(2)3/h6-8,13,23H,4-5,9-10H2,1-3H3,(H,19,20,24). The van der Waals surface area contributed by atoms with Crippen LogP contribution in [0.5, 0.6) is 0 Å². The first-order valence-corrected chi connectivity index (χ1v) is 8.08. The van der Waals surface area contributed by atoms with E-state index in [9.17, 15) is 9.90 Å². The van der Waals surface area contributed by atoms with Crippen molar-refractivity contribution in [1.82, 2.24) is 15.0 Å². The minimum absolute atomic E-state index is 0.00937. The van der Waals surface area contributed by atoms with Crippen LogP contribution < -0.4 is 15.4 Å². The number of hydrogen-bond acceptors (Lipinski definition) is 6. The van der Waals surface area contributed by atoms with Gasteiger partial charge in [0.1, 0.15) is 5.82 Å². The average Bonchev–Trinajstić information content (AvgIpc) is 3.03. The van der Waals surface area contributed by atoms with E-state index in [0.29, 0.717) is 5.95 Å². The monoisotopic (exact) mass is 329 g/mol. The summed E-state index contributed by atoms with van der Waals surface area (Å²) in [6.45, 7) is 3.57. The van der Waals surface area contributed by atoms with Crippen LogP contribution in [0.25, 0.3) is 0 Å². The molecule has 128 valence electrons. The third-order valence-electron chi connectivity index (χ3n) is 4.29. The van der Waals surface area contributed by atoms with Gasteiger partial charge < -0.3 is 14.9 Å². The summed E-state index contributed by atoms with van der Waals surface area (Å²) in [5.74, 6) is 1.65. The van der Waals surface area contributed by atoms with Crippen LogP contribution in [0.15, 0.2) is 23.0 Å². The Bertz CT molecular complexity index is 787. The number of pyridine rings is 1. The molecule has 0 aromatic carbocycles. The van der Waals surface area contributed by atoms with Crippen molar-refractivity contribution in [3.63, 3.8) is 0 Å². The maximum atomic E-state index is 11.9. The molecule has 0 saturated carbocycles. The summed E-state index contributed by atoms with van der Waals surface area (Å²) >= 11 is 0. The molecule has 24 heavy (non-hydrogen) atoms. The highest BCUT2D eigenvalue weighted by Gasteiger charge is 2.27. The van der Waals surface area contributed by atoms with Gasteiger partial charge in [0.05, 0.1) is 12.3 Å². The summed E-state index contributed by atoms with van der Waals surface area (Å²) in [5.41, 5.74) is 2.45. The van der Waals surface area contributed by atoms with E-state index in [1.165, 1.54) is 0 Å². The molecular formula is C17H23N5O2. The number of H-pyrrole nitrogens is 1. The topological polar surface area (TPSA) is 85.4 Å². The lowest BCUT2D eigenvalue weighted by Gasteiger charge is -2.19. The highest BCUT2D eigenvalue weighted by molar-refractivity contribution is 5.44. The van der Waals surface area contributed by atoms with Crippen LogP contribution in [-0.2, 0) is 6.61 Å². The van der Waals surface area contributed by atoms with Crippen molar-refractivity contribution >= 4 is 11.8 Å². The molecule has 1 unspecified atom stereocenters. The fourth-order valence-corrected chi connectivity index (χ4v) is 3.07. The van der Waals surface area contributed by atoms with Gasteiger partial charge in [-0.15, -0.1) is 0 Å². The highest BCUT2D eigenvalue weighted by atomic mass is 16.3. The number of anilines is 2. The zero-order valence-corrected chi connectivity index (χ0v) is 14.3. The van der Waals surface area contributed by atoms with Crippen LogP contribution in [0.1, 0.15) is 29.3 Å². The number of aromatic nitrogens is 3. The lowest BCUT2D eigenvalue weighted by Crippen LogP contribution is -2.23. The number of nitrogens with one attached hydrogen (secondary N) is 1. The van der Waals surface area contributed by atoms with E-state index in [4.69, 9.17) is 0 Å². The fourth-order valence-electron chi connectivity index (χ4n) is 3.07. The normalized spacial score (nSPS) is 17.3. The summed E-state index contributed by atoms with van der Waals surface area (Å²) in [4.78, 5) is 27.8. The van der Waals surface area contributed by atoms with Gasteiger partial charge in [0, 0.05) is 44.9 Å². The van der Waals surface area contributed by atoms with Crippen molar-refractivity contribution < 1.29 is 5.11 Å². The average molecular weight is 329 g/mol. The molecule has 0 amide bonds. The maximum absolute atomic E-state index is 11.9. The van der Waals surface area contributed by atoms with Gasteiger partial charge in [-0.25, -0.2) is 9.97 Å². The first-order valence-electron chi connectivity index (χ1n) is 8.08. The quantitative estimate of drug-likeness (QED) is 0.871. The molecule has 1 atom stereocenters. The molecule has 0 radical (unpaired) electrons. The van der Waals surface area contributed by atoms with E-state index in [1.54, 1.807) is 11.0 Å². The van der Waals surface area contributed by atoms with Gasteiger partial charge in [-0.2, -0.15) is 0 Å². The molecule has 7 heteroatoms. The first kappa shape index (κ1) is 16.4. The van der Waals surface area contributed by atoms with Gasteiger partial charge in [0.25, 0.3) is 5.56 Å². The van der Waals surface area contributed by atoms with Crippen LogP contribution in [-0.4, -0.2) is 47.2 Å². The Hall–Kier alpha value is -2.41. The first-order chi connectivity index (χ1) is 11.5. The number of aliphatic hydroxyl groups is 1. The second kappa shape index (κ2) is 6.60. The molecule has 1 fully saturated rings. The molecule has 2 N–H and O–H groups in total. The third kappa shape index (κ3) is 3.41. The minimum Gasteiger partial charge on any atom is -0.392 e. The van der Waals surface area contributed by atoms with E-state index < -0.39 is 0 Å². The predicted octanol–water partition coefficient (Wildman–Crippen LogP) is 1.03. The van der Waals surface area contributed by atoms with E-state index in [1.807, 2.05) is 33.2 Å². The predicted molar refractivity (Wildman–Crippen MR) is 93.7 cm³/mol. The fraction of sp³-hybridized carbons (Fsp3) is 0.471. The van der Waals surface area contributed by atoms with Gasteiger partial charge in [-0.3, -0.25) is 9.78 Å². The van der Waals surface area contributed by atoms with Crippen LogP contribution >= 0.6 is 0 Å². The smallest absolute Gasteiger partial charge is 0.252 e. The Morgan fingerprint density at radius 3 is 2.83 bits per heavy atom. The molecule has 2 aromatic rings. The summed E-state index contributed by atoms with van der Waals surface area (Å²) in [6.07, 6.45) is 0.924. The van der Waals surface area contributed by atoms with Gasteiger partial charge in [-0.1, -0.05) is 0 Å². The number of rotatable bonds is 4. The van der Waals surface area contributed by atoms with Crippen LogP contribution in [0.2, 0.25) is 0 Å². The number of aromatic amines is 1. The molecule has 1 saturated heterocycles. The highest BCUT2D eigenvalue weighted by Crippen LogP contribution is 2.29. The summed E-state index contributed by atoms with van der Waals surface area (Å²) < 4.78 is 0. The second-order valence-corrected chi connectivity index (χ2v) is 6.45. The maximum Gasteiger partial charge on any atom is 0.252 e. The van der Waals surface area contributed by atoms with E-state index in [-0.39, 0.29) is 18.1 Å². The Morgan fingerprint density at radius 2 is 2.12 bits per heavy atom. The van der Waals surface area contributed by atoms with Crippen molar-refractivity contribution in [1.29, 1.82) is 0 Å². The Labute approximate surface area is 141 Å². The second-order valence-electron chi connectivity index (χ2n) is 6.45. The SMILES string of the molecule is Cc1cc(CO)cc(N2CCC(c3cc(=O)[nH]c(N(C)C)n3)C2)n1. The van der Waals surface area contributed by atoms with Crippen molar-refractivity contribution in [2.45, 2.75) is 25.9 Å². The Morgan fingerprint density at radius 1 is 1.33 bits per heavy atom. The lowest BCUT2D eigenvalue weighted by atomic mass is 10.1. The van der Waals surface area contributed by atoms with Gasteiger partial charge in [-0.05, 0) is 31.0 Å². The molecule has 3 rings (SSSR count). The number of hydrogen-bond donors (Lipinski definition) is 2. The molecular weight excluding hydrogens is 306 g/mol. The summed E-state index contributed by atoms with van der Waals surface area (Å²) in [5, 5.41) is 9.37. The molecule has 2 aromatic heterocycles. The van der Waals surface area contributed by atoms with Crippen molar-refractivity contribution in [3.05, 3.63) is 45.5 Å². The molecule has 0 spiro atoms.